The van der Waals surface area contributed by atoms with Crippen molar-refractivity contribution in [2.75, 3.05) is 23.7 Å². The summed E-state index contributed by atoms with van der Waals surface area (Å²) in [4.78, 5) is 24.4. The molecule has 13 nitrogen and oxygen atoms in total. The van der Waals surface area contributed by atoms with Crippen LogP contribution in [0.15, 0.2) is 60.0 Å². The van der Waals surface area contributed by atoms with Crippen LogP contribution in [0.1, 0.15) is 31.2 Å². The number of benzene rings is 1. The van der Waals surface area contributed by atoms with E-state index >= 15 is 0 Å². The zero-order valence-corrected chi connectivity index (χ0v) is 25.4. The Morgan fingerprint density at radius 3 is 2.77 bits per heavy atom. The van der Waals surface area contributed by atoms with E-state index in [0.29, 0.717) is 17.2 Å². The predicted molar refractivity (Wildman–Crippen MR) is 164 cm³/mol. The second-order valence-corrected chi connectivity index (χ2v) is 13.3. The number of fused-ring (bicyclic) bond motifs is 1. The molecule has 1 aliphatic heterocycles. The lowest BCUT2D eigenvalue weighted by Gasteiger charge is -2.30. The number of carbonyl (C=O) groups is 1. The molecule has 224 valence electrons. The van der Waals surface area contributed by atoms with Gasteiger partial charge in [0.25, 0.3) is 0 Å². The molecule has 43 heavy (non-hydrogen) atoms. The van der Waals surface area contributed by atoms with E-state index in [2.05, 4.69) is 43.0 Å². The van der Waals surface area contributed by atoms with Gasteiger partial charge in [-0.25, -0.2) is 23.5 Å². The van der Waals surface area contributed by atoms with E-state index in [9.17, 15) is 13.2 Å². The monoisotopic (exact) mass is 620 g/mol. The Morgan fingerprint density at radius 2 is 2.00 bits per heavy atom. The van der Waals surface area contributed by atoms with Crippen molar-refractivity contribution in [2.45, 2.75) is 44.7 Å². The SMILES string of the molecule is Cc1cn2c(-c3cnn(CC(=O)Nc4ccc(S(N)(=O)=O)cc4)c3)cnc2c(Nc2cc(CN3CCCC(C)C3)ns2)n1. The minimum absolute atomic E-state index is 0.0293. The summed E-state index contributed by atoms with van der Waals surface area (Å²) in [6, 6.07) is 7.72. The molecule has 1 unspecified atom stereocenters. The van der Waals surface area contributed by atoms with Crippen molar-refractivity contribution in [3.63, 3.8) is 0 Å². The summed E-state index contributed by atoms with van der Waals surface area (Å²) in [7, 11) is -3.80. The number of piperidine rings is 1. The second-order valence-electron chi connectivity index (χ2n) is 10.9. The van der Waals surface area contributed by atoms with Crippen LogP contribution in [0.4, 0.5) is 16.5 Å². The number of hydrogen-bond acceptors (Lipinski definition) is 10. The highest BCUT2D eigenvalue weighted by molar-refractivity contribution is 7.89. The highest BCUT2D eigenvalue weighted by atomic mass is 32.2. The molecule has 1 aromatic carbocycles. The molecule has 4 aromatic heterocycles. The van der Waals surface area contributed by atoms with Crippen molar-refractivity contribution in [3.05, 3.63) is 66.5 Å². The summed E-state index contributed by atoms with van der Waals surface area (Å²) in [5.41, 5.74) is 4.55. The first-order valence-corrected chi connectivity index (χ1v) is 16.2. The molecule has 4 N–H and O–H groups in total. The Hall–Kier alpha value is -4.18. The van der Waals surface area contributed by atoms with Crippen LogP contribution in [-0.2, 0) is 27.9 Å². The van der Waals surface area contributed by atoms with Gasteiger partial charge in [0.15, 0.2) is 11.5 Å². The van der Waals surface area contributed by atoms with E-state index < -0.39 is 10.0 Å². The topological polar surface area (TPSA) is 165 Å². The van der Waals surface area contributed by atoms with E-state index in [1.54, 1.807) is 18.6 Å². The number of amides is 1. The lowest BCUT2D eigenvalue weighted by atomic mass is 10.0. The number of carbonyl (C=O) groups excluding carboxylic acids is 1. The van der Waals surface area contributed by atoms with Crippen molar-refractivity contribution in [1.29, 1.82) is 0 Å². The molecule has 0 bridgehead atoms. The molecule has 1 amide bonds. The van der Waals surface area contributed by atoms with Crippen molar-refractivity contribution in [2.24, 2.45) is 11.1 Å². The van der Waals surface area contributed by atoms with Crippen LogP contribution in [0.5, 0.6) is 0 Å². The maximum Gasteiger partial charge on any atom is 0.246 e. The number of sulfonamides is 1. The van der Waals surface area contributed by atoms with Crippen molar-refractivity contribution in [3.8, 4) is 11.3 Å². The highest BCUT2D eigenvalue weighted by Crippen LogP contribution is 2.28. The third-order valence-corrected chi connectivity index (χ3v) is 8.91. The van der Waals surface area contributed by atoms with Crippen LogP contribution in [0.2, 0.25) is 0 Å². The van der Waals surface area contributed by atoms with E-state index in [4.69, 9.17) is 10.1 Å². The third-order valence-electron chi connectivity index (χ3n) is 7.24. The van der Waals surface area contributed by atoms with Gasteiger partial charge in [0, 0.05) is 36.7 Å². The largest absolute Gasteiger partial charge is 0.328 e. The molecular weight excluding hydrogens is 589 g/mol. The summed E-state index contributed by atoms with van der Waals surface area (Å²) in [5, 5.41) is 16.5. The number of nitrogens with zero attached hydrogens (tertiary/aromatic N) is 7. The summed E-state index contributed by atoms with van der Waals surface area (Å²) >= 11 is 1.41. The number of aryl methyl sites for hydroxylation is 1. The normalized spacial score (nSPS) is 16.0. The first-order chi connectivity index (χ1) is 20.6. The van der Waals surface area contributed by atoms with Gasteiger partial charge in [-0.3, -0.25) is 18.8 Å². The fourth-order valence-electron chi connectivity index (χ4n) is 5.29. The lowest BCUT2D eigenvalue weighted by Crippen LogP contribution is -2.33. The highest BCUT2D eigenvalue weighted by Gasteiger charge is 2.19. The second kappa shape index (κ2) is 11.8. The third kappa shape index (κ3) is 6.74. The molecule has 5 heterocycles. The molecule has 0 aliphatic carbocycles. The van der Waals surface area contributed by atoms with Gasteiger partial charge in [0.2, 0.25) is 15.9 Å². The van der Waals surface area contributed by atoms with Gasteiger partial charge >= 0.3 is 0 Å². The fraction of sp³-hybridized carbons (Fsp3) is 0.321. The number of nitrogens with one attached hydrogen (secondary N) is 2. The average Bonchev–Trinajstić information content (AvgIpc) is 3.69. The smallest absolute Gasteiger partial charge is 0.246 e. The Balaban J connectivity index is 1.14. The van der Waals surface area contributed by atoms with Crippen LogP contribution in [0.3, 0.4) is 0 Å². The van der Waals surface area contributed by atoms with E-state index in [1.165, 1.54) is 53.3 Å². The van der Waals surface area contributed by atoms with E-state index in [0.717, 1.165) is 53.2 Å². The summed E-state index contributed by atoms with van der Waals surface area (Å²) in [6.07, 6.45) is 9.64. The Bertz CT molecular complexity index is 1880. The van der Waals surface area contributed by atoms with Crippen molar-refractivity contribution in [1.82, 2.24) is 33.4 Å². The van der Waals surface area contributed by atoms with Crippen LogP contribution in [0.25, 0.3) is 16.9 Å². The molecule has 1 aliphatic rings. The Labute approximate surface area is 253 Å². The minimum atomic E-state index is -3.80. The molecule has 1 fully saturated rings. The number of rotatable bonds is 9. The van der Waals surface area contributed by atoms with Crippen LogP contribution in [0, 0.1) is 12.8 Å². The van der Waals surface area contributed by atoms with Gasteiger partial charge in [0.05, 0.1) is 34.4 Å². The first-order valence-electron chi connectivity index (χ1n) is 13.9. The number of likely N-dealkylation sites (tertiary alicyclic amines) is 1. The molecule has 5 aromatic rings. The average molecular weight is 621 g/mol. The van der Waals surface area contributed by atoms with Gasteiger partial charge in [-0.2, -0.15) is 9.47 Å². The number of nitrogens with two attached hydrogens (primary N) is 1. The molecule has 0 saturated carbocycles. The van der Waals surface area contributed by atoms with Crippen molar-refractivity contribution >= 4 is 49.6 Å². The van der Waals surface area contributed by atoms with Crippen LogP contribution in [-0.4, -0.2) is 60.8 Å². The van der Waals surface area contributed by atoms with Crippen molar-refractivity contribution < 1.29 is 13.2 Å². The number of hydrogen-bond donors (Lipinski definition) is 3. The van der Waals surface area contributed by atoms with Gasteiger partial charge in [-0.1, -0.05) is 6.92 Å². The lowest BCUT2D eigenvalue weighted by molar-refractivity contribution is -0.116. The van der Waals surface area contributed by atoms with Gasteiger partial charge in [-0.15, -0.1) is 0 Å². The standard InChI is InChI=1S/C28H32N10O3S2/c1-18-4-3-9-36(13-18)16-22-10-26(42-35-22)34-27-28-30-12-24(38(28)14-19(2)32-27)20-11-31-37(15-20)17-25(39)33-21-5-7-23(8-6-21)43(29,40)41/h5-8,10-12,14-15,18H,3-4,9,13,16-17H2,1-2H3,(H,32,34)(H,33,39)(H2,29,40,41). The summed E-state index contributed by atoms with van der Waals surface area (Å²) in [5.74, 6) is 1.04. The van der Waals surface area contributed by atoms with E-state index in [1.807, 2.05) is 17.5 Å². The zero-order valence-electron chi connectivity index (χ0n) is 23.8. The van der Waals surface area contributed by atoms with E-state index in [-0.39, 0.29) is 17.3 Å². The number of aromatic nitrogens is 6. The maximum absolute atomic E-state index is 12.6. The fourth-order valence-corrected chi connectivity index (χ4v) is 6.46. The molecule has 1 saturated heterocycles. The quantitative estimate of drug-likeness (QED) is 0.223. The van der Waals surface area contributed by atoms with Gasteiger partial charge < -0.3 is 10.6 Å². The molecule has 6 rings (SSSR count). The van der Waals surface area contributed by atoms with Gasteiger partial charge in [0.1, 0.15) is 11.5 Å². The molecule has 0 radical (unpaired) electrons. The van der Waals surface area contributed by atoms with Crippen LogP contribution >= 0.6 is 11.5 Å². The molecule has 1 atom stereocenters. The maximum atomic E-state index is 12.6. The predicted octanol–water partition coefficient (Wildman–Crippen LogP) is 3.62. The first kappa shape index (κ1) is 28.9. The molecule has 15 heteroatoms. The van der Waals surface area contributed by atoms with Gasteiger partial charge in [-0.05, 0) is 74.1 Å². The number of anilines is 3. The zero-order chi connectivity index (χ0) is 30.1. The molecular formula is C28H32N10O3S2. The minimum Gasteiger partial charge on any atom is -0.328 e. The number of primary sulfonamides is 1. The van der Waals surface area contributed by atoms with Crippen LogP contribution < -0.4 is 15.8 Å². The Kier molecular flexibility index (Phi) is 7.96. The Morgan fingerprint density at radius 1 is 1.19 bits per heavy atom. The number of imidazole rings is 1. The molecule has 0 spiro atoms. The summed E-state index contributed by atoms with van der Waals surface area (Å²) in [6.45, 7) is 7.26. The summed E-state index contributed by atoms with van der Waals surface area (Å²) < 4.78 is 31.0.